The van der Waals surface area contributed by atoms with E-state index < -0.39 is 0 Å². The smallest absolute Gasteiger partial charge is 0.0622 e. The molecule has 1 aromatic carbocycles. The van der Waals surface area contributed by atoms with Gasteiger partial charge in [0.15, 0.2) is 7.05 Å². The van der Waals surface area contributed by atoms with Gasteiger partial charge in [-0.25, -0.2) is 0 Å². The molecule has 1 aromatic heterocycles. The molecule has 4 heteroatoms. The molecule has 2 aromatic rings. The topological polar surface area (TPSA) is 29.7 Å². The number of hydrogen-bond acceptors (Lipinski definition) is 3. The molecule has 0 aliphatic heterocycles. The molecular weight excluding hydrogens is 170 g/mol. The van der Waals surface area contributed by atoms with E-state index in [0.717, 1.165) is 10.6 Å². The maximum atomic E-state index is 4.20. The first-order chi connectivity index (χ1) is 5.86. The first-order valence-corrected chi connectivity index (χ1v) is 4.39. The highest BCUT2D eigenvalue weighted by Gasteiger charge is 2.07. The van der Waals surface area contributed by atoms with Crippen molar-refractivity contribution in [2.45, 2.75) is 0 Å². The van der Waals surface area contributed by atoms with Crippen molar-refractivity contribution in [2.75, 3.05) is 0 Å². The molecule has 0 spiro atoms. The number of rotatable bonds is 1. The van der Waals surface area contributed by atoms with Gasteiger partial charge >= 0.3 is 0 Å². The Kier molecular flexibility index (Phi) is 1.83. The van der Waals surface area contributed by atoms with E-state index in [2.05, 4.69) is 9.59 Å². The molecule has 0 unspecified atom stereocenters. The third kappa shape index (κ3) is 1.33. The normalized spacial score (nSPS) is 10.1. The zero-order chi connectivity index (χ0) is 8.39. The molecule has 0 bridgehead atoms. The van der Waals surface area contributed by atoms with E-state index in [1.54, 1.807) is 4.80 Å². The molecule has 1 heterocycles. The van der Waals surface area contributed by atoms with Crippen LogP contribution in [-0.2, 0) is 7.05 Å². The Morgan fingerprint density at radius 2 is 2.00 bits per heavy atom. The minimum atomic E-state index is 0.957. The van der Waals surface area contributed by atoms with Crippen LogP contribution in [0.25, 0.3) is 10.6 Å². The van der Waals surface area contributed by atoms with Crippen molar-refractivity contribution in [1.29, 1.82) is 0 Å². The van der Waals surface area contributed by atoms with Crippen LogP contribution in [0.15, 0.2) is 30.3 Å². The Balaban J connectivity index is 2.45. The van der Waals surface area contributed by atoms with Gasteiger partial charge < -0.3 is 0 Å². The molecule has 3 nitrogen and oxygen atoms in total. The van der Waals surface area contributed by atoms with E-state index in [0.29, 0.717) is 0 Å². The summed E-state index contributed by atoms with van der Waals surface area (Å²) >= 11 is 1.40. The number of benzene rings is 1. The van der Waals surface area contributed by atoms with E-state index >= 15 is 0 Å². The van der Waals surface area contributed by atoms with Crippen LogP contribution in [0.1, 0.15) is 0 Å². The van der Waals surface area contributed by atoms with Gasteiger partial charge in [0.2, 0.25) is 5.01 Å². The summed E-state index contributed by atoms with van der Waals surface area (Å²) in [5.41, 5.74) is 1.12. The second kappa shape index (κ2) is 2.98. The number of aryl methyl sites for hydroxylation is 1. The number of nitrogens with zero attached hydrogens (tertiary/aromatic N) is 3. The van der Waals surface area contributed by atoms with Crippen LogP contribution in [0.5, 0.6) is 0 Å². The second-order valence-corrected chi connectivity index (χ2v) is 3.17. The summed E-state index contributed by atoms with van der Waals surface area (Å²) in [6.07, 6.45) is 0. The van der Waals surface area contributed by atoms with Gasteiger partial charge in [-0.1, -0.05) is 30.3 Å². The molecule has 0 amide bonds. The molecule has 0 fully saturated rings. The minimum Gasteiger partial charge on any atom is -0.0622 e. The van der Waals surface area contributed by atoms with Crippen LogP contribution in [-0.4, -0.2) is 9.59 Å². The molecular formula is C8H8N3S+. The molecule has 12 heavy (non-hydrogen) atoms. The van der Waals surface area contributed by atoms with Gasteiger partial charge in [-0.05, 0) is 0 Å². The highest BCUT2D eigenvalue weighted by atomic mass is 32.1. The largest absolute Gasteiger partial charge is 0.217 e. The lowest BCUT2D eigenvalue weighted by Gasteiger charge is -1.87. The van der Waals surface area contributed by atoms with E-state index in [1.165, 1.54) is 11.5 Å². The van der Waals surface area contributed by atoms with Crippen molar-refractivity contribution >= 4 is 11.5 Å². The van der Waals surface area contributed by atoms with Crippen molar-refractivity contribution in [3.63, 3.8) is 0 Å². The first kappa shape index (κ1) is 7.36. The monoisotopic (exact) mass is 178 g/mol. The van der Waals surface area contributed by atoms with Crippen LogP contribution >= 0.6 is 11.5 Å². The van der Waals surface area contributed by atoms with Gasteiger partial charge in [-0.2, -0.15) is 0 Å². The molecule has 0 aliphatic carbocycles. The number of hydrogen-bond donors (Lipinski definition) is 0. The summed E-state index contributed by atoms with van der Waals surface area (Å²) in [6.45, 7) is 0. The van der Waals surface area contributed by atoms with E-state index in [1.807, 2.05) is 37.4 Å². The van der Waals surface area contributed by atoms with Gasteiger partial charge in [0.25, 0.3) is 0 Å². The van der Waals surface area contributed by atoms with Gasteiger partial charge in [0, 0.05) is 15.5 Å². The Morgan fingerprint density at radius 1 is 1.25 bits per heavy atom. The molecule has 60 valence electrons. The lowest BCUT2D eigenvalue weighted by Crippen LogP contribution is -2.32. The van der Waals surface area contributed by atoms with E-state index in [4.69, 9.17) is 0 Å². The fraction of sp³-hybridized carbons (Fsp3) is 0.125. The van der Waals surface area contributed by atoms with Crippen molar-refractivity contribution in [3.05, 3.63) is 30.3 Å². The van der Waals surface area contributed by atoms with Crippen LogP contribution < -0.4 is 4.80 Å². The Labute approximate surface area is 74.4 Å². The highest BCUT2D eigenvalue weighted by Crippen LogP contribution is 2.16. The quantitative estimate of drug-likeness (QED) is 0.610. The Bertz CT molecular complexity index is 369. The summed E-state index contributed by atoms with van der Waals surface area (Å²) in [5.74, 6) is 0. The van der Waals surface area contributed by atoms with E-state index in [-0.39, 0.29) is 0 Å². The predicted molar refractivity (Wildman–Crippen MR) is 46.5 cm³/mol. The molecule has 0 N–H and O–H groups in total. The molecule has 0 radical (unpaired) electrons. The summed E-state index contributed by atoms with van der Waals surface area (Å²) < 4.78 is 4.04. The predicted octanol–water partition coefficient (Wildman–Crippen LogP) is 1.03. The summed E-state index contributed by atoms with van der Waals surface area (Å²) in [7, 11) is 1.82. The maximum absolute atomic E-state index is 4.20. The second-order valence-electron chi connectivity index (χ2n) is 2.43. The molecule has 2 rings (SSSR count). The first-order valence-electron chi connectivity index (χ1n) is 3.62. The van der Waals surface area contributed by atoms with Crippen molar-refractivity contribution in [2.24, 2.45) is 7.05 Å². The lowest BCUT2D eigenvalue weighted by atomic mass is 10.2. The zero-order valence-corrected chi connectivity index (χ0v) is 7.45. The maximum Gasteiger partial charge on any atom is 0.217 e. The SMILES string of the molecule is C[n+]1nsc(-c2ccccc2)n1. The summed E-state index contributed by atoms with van der Waals surface area (Å²) in [5, 5.41) is 5.16. The third-order valence-corrected chi connectivity index (χ3v) is 2.31. The zero-order valence-electron chi connectivity index (χ0n) is 6.64. The molecule has 0 saturated heterocycles. The average molecular weight is 178 g/mol. The van der Waals surface area contributed by atoms with Gasteiger partial charge in [0.1, 0.15) is 0 Å². The summed E-state index contributed by atoms with van der Waals surface area (Å²) in [4.78, 5) is 1.58. The van der Waals surface area contributed by atoms with Crippen molar-refractivity contribution in [1.82, 2.24) is 9.59 Å². The van der Waals surface area contributed by atoms with Gasteiger partial charge in [0.05, 0.1) is 16.0 Å². The van der Waals surface area contributed by atoms with Gasteiger partial charge in [-0.15, -0.1) is 0 Å². The Morgan fingerprint density at radius 3 is 2.58 bits per heavy atom. The number of aromatic nitrogens is 3. The average Bonchev–Trinajstić information content (AvgIpc) is 2.54. The van der Waals surface area contributed by atoms with Crippen LogP contribution in [0.3, 0.4) is 0 Å². The van der Waals surface area contributed by atoms with Gasteiger partial charge in [-0.3, -0.25) is 0 Å². The van der Waals surface area contributed by atoms with E-state index in [9.17, 15) is 0 Å². The van der Waals surface area contributed by atoms with Crippen molar-refractivity contribution in [3.8, 4) is 10.6 Å². The summed E-state index contributed by atoms with van der Waals surface area (Å²) in [6, 6.07) is 10.0. The standard InChI is InChI=1S/C8H8N3S/c1-11-9-8(12-10-11)7-5-3-2-4-6-7/h2-6H,1H3/q+1. The molecule has 0 saturated carbocycles. The molecule has 0 atom stereocenters. The highest BCUT2D eigenvalue weighted by molar-refractivity contribution is 7.08. The van der Waals surface area contributed by atoms with Crippen LogP contribution in [0.2, 0.25) is 0 Å². The third-order valence-electron chi connectivity index (χ3n) is 1.50. The minimum absolute atomic E-state index is 0.957. The fourth-order valence-electron chi connectivity index (χ4n) is 0.957. The molecule has 0 aliphatic rings. The lowest BCUT2D eigenvalue weighted by molar-refractivity contribution is -0.777. The van der Waals surface area contributed by atoms with Crippen LogP contribution in [0.4, 0.5) is 0 Å². The van der Waals surface area contributed by atoms with Crippen molar-refractivity contribution < 1.29 is 4.80 Å². The Hall–Kier alpha value is -1.29. The van der Waals surface area contributed by atoms with Crippen LogP contribution in [0, 0.1) is 0 Å². The fourth-order valence-corrected chi connectivity index (χ4v) is 1.59.